The van der Waals surface area contributed by atoms with E-state index in [1.807, 2.05) is 0 Å². The fourth-order valence-corrected chi connectivity index (χ4v) is 1.98. The molecule has 1 unspecified atom stereocenters. The minimum Gasteiger partial charge on any atom is -0.352 e. The summed E-state index contributed by atoms with van der Waals surface area (Å²) in [7, 11) is 0. The van der Waals surface area contributed by atoms with E-state index >= 15 is 0 Å². The van der Waals surface area contributed by atoms with Gasteiger partial charge in [-0.05, 0) is 19.8 Å². The van der Waals surface area contributed by atoms with Crippen LogP contribution >= 0.6 is 11.6 Å². The highest BCUT2D eigenvalue weighted by Gasteiger charge is 2.25. The zero-order chi connectivity index (χ0) is 12.8. The van der Waals surface area contributed by atoms with E-state index in [0.29, 0.717) is 25.9 Å². The van der Waals surface area contributed by atoms with Crippen LogP contribution in [0.3, 0.4) is 0 Å². The molecule has 1 fully saturated rings. The number of hydrogen-bond donors (Lipinski definition) is 1. The summed E-state index contributed by atoms with van der Waals surface area (Å²) in [5.41, 5.74) is 0. The molecule has 0 aromatic heterocycles. The van der Waals surface area contributed by atoms with Crippen molar-refractivity contribution in [3.63, 3.8) is 0 Å². The Bertz CT molecular complexity index is 330. The molecule has 1 aliphatic heterocycles. The zero-order valence-corrected chi connectivity index (χ0v) is 10.5. The van der Waals surface area contributed by atoms with Gasteiger partial charge in [0.1, 0.15) is 11.8 Å². The van der Waals surface area contributed by atoms with E-state index in [2.05, 4.69) is 5.32 Å². The quantitative estimate of drug-likeness (QED) is 0.754. The lowest BCUT2D eigenvalue weighted by Gasteiger charge is -2.32. The fraction of sp³-hybridized carbons (Fsp3) is 0.727. The Labute approximate surface area is 106 Å². The minimum atomic E-state index is -0.500. The highest BCUT2D eigenvalue weighted by atomic mass is 35.5. The fourth-order valence-electron chi connectivity index (χ4n) is 1.85. The molecule has 17 heavy (non-hydrogen) atoms. The van der Waals surface area contributed by atoms with E-state index in [9.17, 15) is 9.59 Å². The number of piperidine rings is 1. The predicted molar refractivity (Wildman–Crippen MR) is 63.3 cm³/mol. The number of nitrogens with one attached hydrogen (secondary N) is 1. The molecule has 0 aliphatic carbocycles. The maximum Gasteiger partial charge on any atom is 0.240 e. The summed E-state index contributed by atoms with van der Waals surface area (Å²) in [6.07, 6.45) is 1.32. The predicted octanol–water partition coefficient (Wildman–Crippen LogP) is 0.635. The average molecular weight is 258 g/mol. The number of nitrogens with zero attached hydrogens (tertiary/aromatic N) is 2. The van der Waals surface area contributed by atoms with Crippen molar-refractivity contribution in [2.45, 2.75) is 37.6 Å². The van der Waals surface area contributed by atoms with Crippen molar-refractivity contribution in [3.05, 3.63) is 0 Å². The molecule has 0 bridgehead atoms. The van der Waals surface area contributed by atoms with Gasteiger partial charge in [-0.3, -0.25) is 9.59 Å². The van der Waals surface area contributed by atoms with Gasteiger partial charge in [0.2, 0.25) is 11.8 Å². The number of amides is 2. The Hall–Kier alpha value is -1.28. The van der Waals surface area contributed by atoms with Gasteiger partial charge in [-0.1, -0.05) is 0 Å². The smallest absolute Gasteiger partial charge is 0.240 e. The van der Waals surface area contributed by atoms with Crippen molar-refractivity contribution in [1.29, 1.82) is 5.26 Å². The van der Waals surface area contributed by atoms with E-state index in [4.69, 9.17) is 16.9 Å². The molecule has 2 amide bonds. The largest absolute Gasteiger partial charge is 0.352 e. The third kappa shape index (κ3) is 4.23. The number of alkyl halides is 1. The molecule has 0 aromatic rings. The number of likely N-dealkylation sites (tertiary alicyclic amines) is 1. The summed E-state index contributed by atoms with van der Waals surface area (Å²) in [6.45, 7) is 2.87. The third-order valence-corrected chi connectivity index (χ3v) is 2.94. The van der Waals surface area contributed by atoms with Crippen molar-refractivity contribution in [1.82, 2.24) is 10.2 Å². The molecule has 1 heterocycles. The van der Waals surface area contributed by atoms with Gasteiger partial charge >= 0.3 is 0 Å². The van der Waals surface area contributed by atoms with Crippen molar-refractivity contribution < 1.29 is 9.59 Å². The second-order valence-electron chi connectivity index (χ2n) is 4.12. The molecular weight excluding hydrogens is 242 g/mol. The minimum absolute atomic E-state index is 0.0607. The first kappa shape index (κ1) is 13.8. The Morgan fingerprint density at radius 2 is 2.12 bits per heavy atom. The van der Waals surface area contributed by atoms with Crippen LogP contribution in [-0.4, -0.2) is 41.2 Å². The van der Waals surface area contributed by atoms with Crippen LogP contribution < -0.4 is 5.32 Å². The molecule has 6 heteroatoms. The van der Waals surface area contributed by atoms with E-state index in [-0.39, 0.29) is 24.3 Å². The zero-order valence-electron chi connectivity index (χ0n) is 9.78. The number of halogens is 1. The Morgan fingerprint density at radius 3 is 2.59 bits per heavy atom. The molecule has 94 valence electrons. The third-order valence-electron chi connectivity index (χ3n) is 2.75. The topological polar surface area (TPSA) is 73.2 Å². The number of hydrogen-bond acceptors (Lipinski definition) is 3. The van der Waals surface area contributed by atoms with Gasteiger partial charge in [0, 0.05) is 19.1 Å². The van der Waals surface area contributed by atoms with Crippen LogP contribution in [0.5, 0.6) is 0 Å². The van der Waals surface area contributed by atoms with Crippen LogP contribution in [0.15, 0.2) is 0 Å². The normalized spacial score (nSPS) is 18.3. The molecule has 0 saturated carbocycles. The van der Waals surface area contributed by atoms with Gasteiger partial charge in [0.25, 0.3) is 0 Å². The molecule has 1 saturated heterocycles. The van der Waals surface area contributed by atoms with E-state index in [1.165, 1.54) is 0 Å². The van der Waals surface area contributed by atoms with Crippen molar-refractivity contribution in [2.75, 3.05) is 13.1 Å². The van der Waals surface area contributed by atoms with Gasteiger partial charge in [0.05, 0.1) is 6.07 Å². The maximum absolute atomic E-state index is 11.6. The highest BCUT2D eigenvalue weighted by Crippen LogP contribution is 2.13. The highest BCUT2D eigenvalue weighted by molar-refractivity contribution is 6.30. The van der Waals surface area contributed by atoms with Crippen LogP contribution in [0, 0.1) is 11.3 Å². The number of rotatable bonds is 3. The van der Waals surface area contributed by atoms with Crippen LogP contribution in [0.4, 0.5) is 0 Å². The second-order valence-corrected chi connectivity index (χ2v) is 4.77. The molecule has 0 spiro atoms. The standard InChI is InChI=1S/C11H16ClN3O2/c1-8(12)11(17)15-6-3-9(4-7-15)14-10(16)2-5-13/h8-9H,2-4,6-7H2,1H3,(H,14,16). The van der Waals surface area contributed by atoms with E-state index in [1.54, 1.807) is 17.9 Å². The van der Waals surface area contributed by atoms with E-state index in [0.717, 1.165) is 0 Å². The number of carbonyl (C=O) groups excluding carboxylic acids is 2. The molecule has 0 aromatic carbocycles. The summed E-state index contributed by atoms with van der Waals surface area (Å²) < 4.78 is 0. The van der Waals surface area contributed by atoms with Crippen LogP contribution in [0.2, 0.25) is 0 Å². The van der Waals surface area contributed by atoms with Crippen molar-refractivity contribution in [2.24, 2.45) is 0 Å². The van der Waals surface area contributed by atoms with E-state index < -0.39 is 5.38 Å². The van der Waals surface area contributed by atoms with Crippen LogP contribution in [0.25, 0.3) is 0 Å². The van der Waals surface area contributed by atoms with Crippen molar-refractivity contribution in [3.8, 4) is 6.07 Å². The Balaban J connectivity index is 2.34. The monoisotopic (exact) mass is 257 g/mol. The van der Waals surface area contributed by atoms with Gasteiger partial charge in [0.15, 0.2) is 0 Å². The lowest BCUT2D eigenvalue weighted by Crippen LogP contribution is -2.48. The van der Waals surface area contributed by atoms with Gasteiger partial charge in [-0.2, -0.15) is 5.26 Å². The summed E-state index contributed by atoms with van der Waals surface area (Å²) in [4.78, 5) is 24.5. The lowest BCUT2D eigenvalue weighted by molar-refractivity contribution is -0.131. The molecule has 0 radical (unpaired) electrons. The molecule has 1 rings (SSSR count). The average Bonchev–Trinajstić information content (AvgIpc) is 2.29. The van der Waals surface area contributed by atoms with Crippen molar-refractivity contribution >= 4 is 23.4 Å². The summed E-state index contributed by atoms with van der Waals surface area (Å²) in [5, 5.41) is 10.6. The summed E-state index contributed by atoms with van der Waals surface area (Å²) >= 11 is 5.73. The lowest BCUT2D eigenvalue weighted by atomic mass is 10.0. The first-order valence-corrected chi connectivity index (χ1v) is 6.07. The summed E-state index contributed by atoms with van der Waals surface area (Å²) in [6, 6.07) is 1.87. The van der Waals surface area contributed by atoms with Crippen LogP contribution in [0.1, 0.15) is 26.2 Å². The second kappa shape index (κ2) is 6.45. The molecule has 1 N–H and O–H groups in total. The first-order valence-electron chi connectivity index (χ1n) is 5.63. The van der Waals surface area contributed by atoms with Gasteiger partial charge < -0.3 is 10.2 Å². The molecule has 1 atom stereocenters. The molecule has 5 nitrogen and oxygen atoms in total. The summed E-state index contributed by atoms with van der Waals surface area (Å²) in [5.74, 6) is -0.309. The number of nitriles is 1. The Kier molecular flexibility index (Phi) is 5.23. The van der Waals surface area contributed by atoms with Crippen LogP contribution in [-0.2, 0) is 9.59 Å². The molecule has 1 aliphatic rings. The number of carbonyl (C=O) groups is 2. The molecular formula is C11H16ClN3O2. The maximum atomic E-state index is 11.6. The SMILES string of the molecule is CC(Cl)C(=O)N1CCC(NC(=O)CC#N)CC1. The van der Waals surface area contributed by atoms with Gasteiger partial charge in [-0.25, -0.2) is 0 Å². The Morgan fingerprint density at radius 1 is 1.53 bits per heavy atom. The first-order chi connectivity index (χ1) is 8.04. The van der Waals surface area contributed by atoms with Gasteiger partial charge in [-0.15, -0.1) is 11.6 Å².